The molecule has 0 aliphatic carbocycles. The minimum Gasteiger partial charge on any atom is -0.494 e. The fraction of sp³-hybridized carbons (Fsp3) is 0.500. The number of aromatic nitrogens is 3. The highest BCUT2D eigenvalue weighted by molar-refractivity contribution is 5.34. The number of fused-ring (bicyclic) bond motifs is 3. The monoisotopic (exact) mass is 341 g/mol. The third kappa shape index (κ3) is 3.72. The van der Waals surface area contributed by atoms with Crippen molar-refractivity contribution >= 4 is 5.95 Å². The second kappa shape index (κ2) is 7.33. The lowest BCUT2D eigenvalue weighted by molar-refractivity contribution is 0.0626. The third-order valence-electron chi connectivity index (χ3n) is 4.78. The summed E-state index contributed by atoms with van der Waals surface area (Å²) in [5, 5.41) is 0. The van der Waals surface area contributed by atoms with Crippen LogP contribution >= 0.6 is 0 Å². The standard InChI is InChI=1S/C18H23N5O2/c1-24-17-6-20-18(21-7-17)23-10-15-9-22(11-16(23)13-25-12-15)8-14-3-2-4-19-5-14/h2-7,15-16H,8-13H2,1H3/t15-,16-/m0/s1. The number of pyridine rings is 1. The minimum absolute atomic E-state index is 0.248. The van der Waals surface area contributed by atoms with Gasteiger partial charge in [0.15, 0.2) is 5.75 Å². The summed E-state index contributed by atoms with van der Waals surface area (Å²) in [5.74, 6) is 1.87. The van der Waals surface area contributed by atoms with E-state index in [2.05, 4.69) is 30.8 Å². The van der Waals surface area contributed by atoms with Gasteiger partial charge in [-0.2, -0.15) is 0 Å². The van der Waals surface area contributed by atoms with Gasteiger partial charge in [0.1, 0.15) is 0 Å². The maximum atomic E-state index is 5.90. The average Bonchev–Trinajstić information content (AvgIpc) is 2.93. The molecule has 0 saturated carbocycles. The number of methoxy groups -OCH3 is 1. The Kier molecular flexibility index (Phi) is 4.76. The number of hydrogen-bond acceptors (Lipinski definition) is 7. The van der Waals surface area contributed by atoms with Crippen molar-refractivity contribution < 1.29 is 9.47 Å². The molecular weight excluding hydrogens is 318 g/mol. The zero-order valence-corrected chi connectivity index (χ0v) is 14.4. The van der Waals surface area contributed by atoms with Gasteiger partial charge >= 0.3 is 0 Å². The van der Waals surface area contributed by atoms with Crippen molar-refractivity contribution in [2.45, 2.75) is 12.6 Å². The largest absolute Gasteiger partial charge is 0.494 e. The number of ether oxygens (including phenoxy) is 2. The van der Waals surface area contributed by atoms with Gasteiger partial charge in [-0.1, -0.05) is 6.07 Å². The molecule has 2 fully saturated rings. The fourth-order valence-corrected chi connectivity index (χ4v) is 3.63. The molecule has 0 spiro atoms. The van der Waals surface area contributed by atoms with Crippen LogP contribution in [0.5, 0.6) is 5.75 Å². The van der Waals surface area contributed by atoms with Crippen molar-refractivity contribution in [2.75, 3.05) is 44.9 Å². The SMILES string of the molecule is COc1cnc(N2C[C@H]3COC[C@@H]2CN(Cc2cccnc2)C3)nc1. The number of rotatable bonds is 4. The van der Waals surface area contributed by atoms with Crippen molar-refractivity contribution in [3.8, 4) is 5.75 Å². The summed E-state index contributed by atoms with van der Waals surface area (Å²) >= 11 is 0. The Labute approximate surface area is 147 Å². The average molecular weight is 341 g/mol. The summed E-state index contributed by atoms with van der Waals surface area (Å²) < 4.78 is 11.1. The van der Waals surface area contributed by atoms with E-state index in [0.717, 1.165) is 38.7 Å². The van der Waals surface area contributed by atoms with Gasteiger partial charge in [-0.25, -0.2) is 9.97 Å². The second-order valence-electron chi connectivity index (χ2n) is 6.69. The first-order valence-corrected chi connectivity index (χ1v) is 8.63. The Balaban J connectivity index is 1.53. The Morgan fingerprint density at radius 3 is 2.80 bits per heavy atom. The molecule has 0 aromatic carbocycles. The van der Waals surface area contributed by atoms with Gasteiger partial charge in [0.25, 0.3) is 0 Å². The van der Waals surface area contributed by atoms with Crippen LogP contribution in [-0.2, 0) is 11.3 Å². The molecule has 132 valence electrons. The molecule has 7 heteroatoms. The number of anilines is 1. The van der Waals surface area contributed by atoms with Crippen LogP contribution in [-0.4, -0.2) is 65.9 Å². The van der Waals surface area contributed by atoms with Crippen LogP contribution in [0.15, 0.2) is 36.9 Å². The highest BCUT2D eigenvalue weighted by Gasteiger charge is 2.34. The number of nitrogens with zero attached hydrogens (tertiary/aromatic N) is 5. The molecule has 25 heavy (non-hydrogen) atoms. The topological polar surface area (TPSA) is 63.6 Å². The smallest absolute Gasteiger partial charge is 0.225 e. The van der Waals surface area contributed by atoms with Gasteiger partial charge < -0.3 is 14.4 Å². The highest BCUT2D eigenvalue weighted by atomic mass is 16.5. The lowest BCUT2D eigenvalue weighted by Gasteiger charge is -2.31. The van der Waals surface area contributed by atoms with Gasteiger partial charge in [0.05, 0.1) is 38.8 Å². The molecule has 0 amide bonds. The molecule has 2 bridgehead atoms. The Bertz CT molecular complexity index is 682. The summed E-state index contributed by atoms with van der Waals surface area (Å²) in [6, 6.07) is 4.38. The third-order valence-corrected chi connectivity index (χ3v) is 4.78. The van der Waals surface area contributed by atoms with Crippen molar-refractivity contribution in [1.29, 1.82) is 0 Å². The predicted molar refractivity (Wildman–Crippen MR) is 93.5 cm³/mol. The molecule has 0 N–H and O–H groups in total. The normalized spacial score (nSPS) is 24.0. The van der Waals surface area contributed by atoms with Gasteiger partial charge in [-0.15, -0.1) is 0 Å². The molecule has 0 radical (unpaired) electrons. The van der Waals surface area contributed by atoms with E-state index in [1.165, 1.54) is 5.56 Å². The van der Waals surface area contributed by atoms with Crippen molar-refractivity contribution in [3.05, 3.63) is 42.5 Å². The highest BCUT2D eigenvalue weighted by Crippen LogP contribution is 2.24. The summed E-state index contributed by atoms with van der Waals surface area (Å²) in [6.45, 7) is 5.26. The zero-order chi connectivity index (χ0) is 17.1. The Hall–Kier alpha value is -2.25. The lowest BCUT2D eigenvalue weighted by atomic mass is 10.1. The van der Waals surface area contributed by atoms with E-state index in [9.17, 15) is 0 Å². The molecule has 2 atom stereocenters. The maximum absolute atomic E-state index is 5.90. The Morgan fingerprint density at radius 2 is 2.04 bits per heavy atom. The molecule has 2 aromatic heterocycles. The second-order valence-corrected chi connectivity index (χ2v) is 6.69. The summed E-state index contributed by atoms with van der Waals surface area (Å²) in [5.41, 5.74) is 1.25. The van der Waals surface area contributed by atoms with Gasteiger partial charge in [-0.3, -0.25) is 9.88 Å². The first kappa shape index (κ1) is 16.2. The Morgan fingerprint density at radius 1 is 1.16 bits per heavy atom. The first-order valence-electron chi connectivity index (χ1n) is 8.63. The minimum atomic E-state index is 0.248. The van der Waals surface area contributed by atoms with E-state index in [4.69, 9.17) is 9.47 Å². The van der Waals surface area contributed by atoms with Gasteiger partial charge in [0, 0.05) is 44.5 Å². The molecule has 2 aliphatic heterocycles. The van der Waals surface area contributed by atoms with E-state index < -0.39 is 0 Å². The quantitative estimate of drug-likeness (QED) is 0.828. The summed E-state index contributed by atoms with van der Waals surface area (Å²) in [4.78, 5) is 18.0. The van der Waals surface area contributed by atoms with Crippen molar-refractivity contribution in [2.24, 2.45) is 5.92 Å². The van der Waals surface area contributed by atoms with Crippen LogP contribution in [0.3, 0.4) is 0 Å². The van der Waals surface area contributed by atoms with E-state index in [1.807, 2.05) is 18.5 Å². The lowest BCUT2D eigenvalue weighted by Crippen LogP contribution is -2.44. The van der Waals surface area contributed by atoms with E-state index in [-0.39, 0.29) is 6.04 Å². The maximum Gasteiger partial charge on any atom is 0.225 e. The van der Waals surface area contributed by atoms with Gasteiger partial charge in [0.2, 0.25) is 5.95 Å². The molecule has 4 rings (SSSR count). The van der Waals surface area contributed by atoms with E-state index >= 15 is 0 Å². The predicted octanol–water partition coefficient (Wildman–Crippen LogP) is 1.22. The van der Waals surface area contributed by atoms with Crippen LogP contribution in [0.4, 0.5) is 5.95 Å². The molecule has 2 aromatic rings. The van der Waals surface area contributed by atoms with E-state index in [0.29, 0.717) is 18.3 Å². The summed E-state index contributed by atoms with van der Waals surface area (Å²) in [7, 11) is 1.63. The van der Waals surface area contributed by atoms with Crippen molar-refractivity contribution in [1.82, 2.24) is 19.9 Å². The van der Waals surface area contributed by atoms with Gasteiger partial charge in [-0.05, 0) is 11.6 Å². The van der Waals surface area contributed by atoms with Crippen LogP contribution in [0.25, 0.3) is 0 Å². The summed E-state index contributed by atoms with van der Waals surface area (Å²) in [6.07, 6.45) is 7.22. The molecule has 7 nitrogen and oxygen atoms in total. The van der Waals surface area contributed by atoms with Crippen molar-refractivity contribution in [3.63, 3.8) is 0 Å². The molecule has 2 aliphatic rings. The number of hydrogen-bond donors (Lipinski definition) is 0. The van der Waals surface area contributed by atoms with Crippen LogP contribution in [0, 0.1) is 5.92 Å². The molecule has 0 unspecified atom stereocenters. The van der Waals surface area contributed by atoms with E-state index in [1.54, 1.807) is 19.5 Å². The molecular formula is C18H23N5O2. The van der Waals surface area contributed by atoms with Crippen LogP contribution in [0.1, 0.15) is 5.56 Å². The first-order chi connectivity index (χ1) is 12.3. The zero-order valence-electron chi connectivity index (χ0n) is 14.4. The van der Waals surface area contributed by atoms with Crippen LogP contribution in [0.2, 0.25) is 0 Å². The molecule has 2 saturated heterocycles. The fourth-order valence-electron chi connectivity index (χ4n) is 3.63. The molecule has 4 heterocycles. The van der Waals surface area contributed by atoms with Crippen LogP contribution < -0.4 is 9.64 Å².